The molecule has 1 aromatic carbocycles. The molecule has 0 bridgehead atoms. The topological polar surface area (TPSA) is 60.6 Å². The fraction of sp³-hybridized carbons (Fsp3) is 0.250. The summed E-state index contributed by atoms with van der Waals surface area (Å²) in [5.41, 5.74) is 4.87. The molecule has 3 aromatic heterocycles. The summed E-state index contributed by atoms with van der Waals surface area (Å²) in [4.78, 5) is 9.27. The van der Waals surface area contributed by atoms with E-state index in [-0.39, 0.29) is 5.82 Å². The van der Waals surface area contributed by atoms with Crippen LogP contribution in [0.1, 0.15) is 23.9 Å². The normalized spacial score (nSPS) is 11.3. The molecule has 0 fully saturated rings. The van der Waals surface area contributed by atoms with Crippen LogP contribution in [0, 0.1) is 26.6 Å². The Hall–Kier alpha value is -3.22. The molecule has 27 heavy (non-hydrogen) atoms. The second kappa shape index (κ2) is 6.50. The van der Waals surface area contributed by atoms with Gasteiger partial charge in [-0.15, -0.1) is 0 Å². The molecule has 0 saturated heterocycles. The Bertz CT molecular complexity index is 1140. The van der Waals surface area contributed by atoms with Crippen molar-refractivity contribution in [1.82, 2.24) is 24.3 Å². The minimum absolute atomic E-state index is 0.251. The second-order valence-electron chi connectivity index (χ2n) is 6.66. The van der Waals surface area contributed by atoms with E-state index in [1.807, 2.05) is 36.6 Å². The zero-order chi connectivity index (χ0) is 19.1. The predicted octanol–water partition coefficient (Wildman–Crippen LogP) is 4.44. The highest BCUT2D eigenvalue weighted by atomic mass is 19.1. The lowest BCUT2D eigenvalue weighted by molar-refractivity contribution is 0.619. The van der Waals surface area contributed by atoms with E-state index < -0.39 is 0 Å². The van der Waals surface area contributed by atoms with Crippen molar-refractivity contribution in [2.24, 2.45) is 0 Å². The first kappa shape index (κ1) is 17.2. The third-order valence-electron chi connectivity index (χ3n) is 4.59. The van der Waals surface area contributed by atoms with E-state index >= 15 is 0 Å². The molecule has 0 amide bonds. The minimum Gasteiger partial charge on any atom is -0.340 e. The van der Waals surface area contributed by atoms with Gasteiger partial charge in [0.1, 0.15) is 17.2 Å². The number of nitrogens with zero attached hydrogens (tertiary/aromatic N) is 5. The van der Waals surface area contributed by atoms with Gasteiger partial charge in [-0.05, 0) is 51.5 Å². The van der Waals surface area contributed by atoms with Gasteiger partial charge in [0.2, 0.25) is 0 Å². The van der Waals surface area contributed by atoms with Crippen molar-refractivity contribution in [3.8, 4) is 5.82 Å². The molecule has 0 aliphatic carbocycles. The summed E-state index contributed by atoms with van der Waals surface area (Å²) in [5.74, 6) is 1.02. The third kappa shape index (κ3) is 3.05. The van der Waals surface area contributed by atoms with E-state index in [1.54, 1.807) is 24.0 Å². The molecule has 0 saturated carbocycles. The van der Waals surface area contributed by atoms with Gasteiger partial charge < -0.3 is 9.88 Å². The van der Waals surface area contributed by atoms with Crippen molar-refractivity contribution in [2.75, 3.05) is 5.32 Å². The maximum Gasteiger partial charge on any atom is 0.183 e. The molecule has 1 N–H and O–H groups in total. The fourth-order valence-corrected chi connectivity index (χ4v) is 3.17. The van der Waals surface area contributed by atoms with E-state index in [0.717, 1.165) is 29.0 Å². The predicted molar refractivity (Wildman–Crippen MR) is 104 cm³/mol. The molecule has 4 rings (SSSR count). The van der Waals surface area contributed by atoms with E-state index in [2.05, 4.69) is 22.3 Å². The van der Waals surface area contributed by atoms with Crippen LogP contribution in [0.4, 0.5) is 15.9 Å². The summed E-state index contributed by atoms with van der Waals surface area (Å²) < 4.78 is 17.8. The summed E-state index contributed by atoms with van der Waals surface area (Å²) in [6.45, 7) is 8.52. The van der Waals surface area contributed by atoms with Crippen molar-refractivity contribution >= 4 is 22.5 Å². The summed E-state index contributed by atoms with van der Waals surface area (Å²) in [6, 6.07) is 8.98. The molecule has 0 radical (unpaired) electrons. The van der Waals surface area contributed by atoms with E-state index in [1.165, 1.54) is 6.07 Å². The maximum absolute atomic E-state index is 13.9. The standard InChI is InChI=1S/C20H21FN6/c1-5-26-11-22-19-17(26)10-18(23-15-7-6-12(2)16(21)9-15)24-20(19)27-14(4)8-13(3)25-27/h6-11H,5H2,1-4H3,(H,23,24). The molecule has 3 heterocycles. The van der Waals surface area contributed by atoms with Gasteiger partial charge >= 0.3 is 0 Å². The number of hydrogen-bond acceptors (Lipinski definition) is 4. The third-order valence-corrected chi connectivity index (χ3v) is 4.59. The van der Waals surface area contributed by atoms with Gasteiger partial charge in [-0.25, -0.2) is 19.0 Å². The van der Waals surface area contributed by atoms with Gasteiger partial charge in [-0.2, -0.15) is 5.10 Å². The molecular weight excluding hydrogens is 343 g/mol. The van der Waals surface area contributed by atoms with Crippen molar-refractivity contribution in [1.29, 1.82) is 0 Å². The van der Waals surface area contributed by atoms with Crippen molar-refractivity contribution in [3.63, 3.8) is 0 Å². The zero-order valence-electron chi connectivity index (χ0n) is 15.8. The Morgan fingerprint density at radius 3 is 2.59 bits per heavy atom. The molecule has 6 nitrogen and oxygen atoms in total. The molecule has 0 atom stereocenters. The van der Waals surface area contributed by atoms with Gasteiger partial charge in [0.05, 0.1) is 17.5 Å². The van der Waals surface area contributed by atoms with Crippen LogP contribution in [-0.4, -0.2) is 24.3 Å². The lowest BCUT2D eigenvalue weighted by Crippen LogP contribution is -2.06. The monoisotopic (exact) mass is 364 g/mol. The van der Waals surface area contributed by atoms with Crippen LogP contribution in [0.5, 0.6) is 0 Å². The molecule has 0 spiro atoms. The summed E-state index contributed by atoms with van der Waals surface area (Å²) >= 11 is 0. The van der Waals surface area contributed by atoms with Crippen molar-refractivity contribution < 1.29 is 4.39 Å². The minimum atomic E-state index is -0.251. The highest BCUT2D eigenvalue weighted by Gasteiger charge is 2.16. The number of benzene rings is 1. The first-order valence-corrected chi connectivity index (χ1v) is 8.89. The summed E-state index contributed by atoms with van der Waals surface area (Å²) in [6.07, 6.45) is 1.80. The largest absolute Gasteiger partial charge is 0.340 e. The lowest BCUT2D eigenvalue weighted by atomic mass is 10.2. The quantitative estimate of drug-likeness (QED) is 0.581. The van der Waals surface area contributed by atoms with Crippen LogP contribution in [0.25, 0.3) is 16.9 Å². The SMILES string of the molecule is CCn1cnc2c(-n3nc(C)cc3C)nc(Nc3ccc(C)c(F)c3)cc21. The zero-order valence-corrected chi connectivity index (χ0v) is 15.8. The van der Waals surface area contributed by atoms with Crippen LogP contribution in [0.15, 0.2) is 36.7 Å². The van der Waals surface area contributed by atoms with Gasteiger partial charge in [-0.3, -0.25) is 0 Å². The highest BCUT2D eigenvalue weighted by Crippen LogP contribution is 2.26. The molecule has 7 heteroatoms. The Kier molecular flexibility index (Phi) is 4.14. The van der Waals surface area contributed by atoms with Crippen LogP contribution in [-0.2, 0) is 6.54 Å². The van der Waals surface area contributed by atoms with Crippen LogP contribution >= 0.6 is 0 Å². The Morgan fingerprint density at radius 2 is 1.93 bits per heavy atom. The Labute approximate surface area is 156 Å². The summed E-state index contributed by atoms with van der Waals surface area (Å²) in [7, 11) is 0. The van der Waals surface area contributed by atoms with E-state index in [0.29, 0.717) is 22.9 Å². The average Bonchev–Trinajstić information content (AvgIpc) is 3.19. The average molecular weight is 364 g/mol. The first-order valence-electron chi connectivity index (χ1n) is 8.89. The number of aryl methyl sites for hydroxylation is 4. The Balaban J connectivity index is 1.88. The van der Waals surface area contributed by atoms with Crippen molar-refractivity contribution in [3.05, 3.63) is 59.4 Å². The van der Waals surface area contributed by atoms with Gasteiger partial charge in [-0.1, -0.05) is 6.07 Å². The number of rotatable bonds is 4. The molecule has 0 aliphatic rings. The lowest BCUT2D eigenvalue weighted by Gasteiger charge is -2.11. The maximum atomic E-state index is 13.9. The number of pyridine rings is 1. The van der Waals surface area contributed by atoms with E-state index in [9.17, 15) is 4.39 Å². The molecular formula is C20H21FN6. The van der Waals surface area contributed by atoms with E-state index in [4.69, 9.17) is 4.98 Å². The number of hydrogen-bond donors (Lipinski definition) is 1. The number of halogens is 1. The smallest absolute Gasteiger partial charge is 0.183 e. The van der Waals surface area contributed by atoms with Gasteiger partial charge in [0.15, 0.2) is 5.82 Å². The van der Waals surface area contributed by atoms with Gasteiger partial charge in [0, 0.05) is 24.0 Å². The molecule has 0 aliphatic heterocycles. The highest BCUT2D eigenvalue weighted by molar-refractivity contribution is 5.85. The number of aromatic nitrogens is 5. The van der Waals surface area contributed by atoms with Gasteiger partial charge in [0.25, 0.3) is 0 Å². The summed E-state index contributed by atoms with van der Waals surface area (Å²) in [5, 5.41) is 7.76. The number of anilines is 2. The van der Waals surface area contributed by atoms with Crippen LogP contribution < -0.4 is 5.32 Å². The van der Waals surface area contributed by atoms with Crippen LogP contribution in [0.3, 0.4) is 0 Å². The second-order valence-corrected chi connectivity index (χ2v) is 6.66. The van der Waals surface area contributed by atoms with Crippen LogP contribution in [0.2, 0.25) is 0 Å². The number of nitrogens with one attached hydrogen (secondary N) is 1. The fourth-order valence-electron chi connectivity index (χ4n) is 3.17. The van der Waals surface area contributed by atoms with Crippen molar-refractivity contribution in [2.45, 2.75) is 34.2 Å². The number of fused-ring (bicyclic) bond motifs is 1. The first-order chi connectivity index (χ1) is 13.0. The number of imidazole rings is 1. The molecule has 4 aromatic rings. The Morgan fingerprint density at radius 1 is 1.11 bits per heavy atom. The molecule has 0 unspecified atom stereocenters. The molecule has 138 valence electrons.